The quantitative estimate of drug-likeness (QED) is 0.548. The van der Waals surface area contributed by atoms with E-state index in [1.807, 2.05) is 0 Å². The van der Waals surface area contributed by atoms with Crippen LogP contribution in [0.15, 0.2) is 11.3 Å². The second-order valence-corrected chi connectivity index (χ2v) is 8.41. The second kappa shape index (κ2) is 6.02. The van der Waals surface area contributed by atoms with Crippen LogP contribution in [-0.4, -0.2) is 49.3 Å². The minimum Gasteiger partial charge on any atom is -0.444 e. The van der Waals surface area contributed by atoms with Gasteiger partial charge in [0.05, 0.1) is 6.54 Å². The molecule has 0 aromatic rings. The molecule has 12 heteroatoms. The number of nitrogens with zero attached hydrogens (tertiary/aromatic N) is 1. The van der Waals surface area contributed by atoms with E-state index >= 15 is 0 Å². The lowest BCUT2D eigenvalue weighted by Gasteiger charge is -2.32. The van der Waals surface area contributed by atoms with E-state index in [-0.39, 0.29) is 19.5 Å². The first-order chi connectivity index (χ1) is 11.1. The van der Waals surface area contributed by atoms with Gasteiger partial charge in [-0.2, -0.15) is 21.6 Å². The normalized spacial score (nSPS) is 24.8. The first-order valence-corrected chi connectivity index (χ1v) is 8.81. The predicted octanol–water partition coefficient (Wildman–Crippen LogP) is 1.57. The maximum atomic E-state index is 12.6. The van der Waals surface area contributed by atoms with Crippen molar-refractivity contribution in [1.29, 1.82) is 0 Å². The molecule has 0 aliphatic carbocycles. The Labute approximate surface area is 143 Å². The van der Waals surface area contributed by atoms with Crippen molar-refractivity contribution in [3.63, 3.8) is 0 Å². The highest BCUT2D eigenvalue weighted by molar-refractivity contribution is 7.87. The standard InChI is InChI=1S/C13H20F3N3O5S/c1-11(2,3)23-10(20)19-6-5-8-9(7-19)17-18-12(8,4)24-25(21,22)13(14,15)16/h17-18H,5-7H2,1-4H3. The fraction of sp³-hybridized carbons (Fsp3) is 0.769. The van der Waals surface area contributed by atoms with Gasteiger partial charge in [0.1, 0.15) is 5.60 Å². The topological polar surface area (TPSA) is 97.0 Å². The molecule has 1 atom stereocenters. The third-order valence-corrected chi connectivity index (χ3v) is 4.70. The third-order valence-electron chi connectivity index (χ3n) is 3.58. The Kier molecular flexibility index (Phi) is 4.77. The smallest absolute Gasteiger partial charge is 0.444 e. The summed E-state index contributed by atoms with van der Waals surface area (Å²) in [4.78, 5) is 13.4. The second-order valence-electron chi connectivity index (χ2n) is 6.88. The maximum absolute atomic E-state index is 12.6. The molecule has 0 fully saturated rings. The lowest BCUT2D eigenvalue weighted by molar-refractivity contribution is -0.0636. The van der Waals surface area contributed by atoms with E-state index in [2.05, 4.69) is 15.0 Å². The van der Waals surface area contributed by atoms with Crippen molar-refractivity contribution in [2.24, 2.45) is 0 Å². The van der Waals surface area contributed by atoms with Gasteiger partial charge in [0.15, 0.2) is 5.72 Å². The van der Waals surface area contributed by atoms with Gasteiger partial charge in [0.2, 0.25) is 0 Å². The van der Waals surface area contributed by atoms with Crippen LogP contribution in [0.25, 0.3) is 0 Å². The summed E-state index contributed by atoms with van der Waals surface area (Å²) in [5.41, 5.74) is -2.42. The van der Waals surface area contributed by atoms with E-state index in [4.69, 9.17) is 4.74 Å². The van der Waals surface area contributed by atoms with Gasteiger partial charge in [-0.25, -0.2) is 14.4 Å². The minimum absolute atomic E-state index is 0.0300. The van der Waals surface area contributed by atoms with E-state index < -0.39 is 33.0 Å². The van der Waals surface area contributed by atoms with Gasteiger partial charge < -0.3 is 15.1 Å². The largest absolute Gasteiger partial charge is 0.523 e. The summed E-state index contributed by atoms with van der Waals surface area (Å²) in [7, 11) is -5.79. The molecule has 1 amide bonds. The van der Waals surface area contributed by atoms with Gasteiger partial charge in [-0.3, -0.25) is 0 Å². The van der Waals surface area contributed by atoms with Crippen LogP contribution in [0, 0.1) is 0 Å². The Morgan fingerprint density at radius 2 is 1.88 bits per heavy atom. The fourth-order valence-corrected chi connectivity index (χ4v) is 3.17. The number of carbonyl (C=O) groups is 1. The van der Waals surface area contributed by atoms with Crippen molar-refractivity contribution in [1.82, 2.24) is 15.8 Å². The van der Waals surface area contributed by atoms with Gasteiger partial charge in [-0.15, -0.1) is 0 Å². The highest BCUT2D eigenvalue weighted by Crippen LogP contribution is 2.36. The van der Waals surface area contributed by atoms with E-state index in [9.17, 15) is 26.4 Å². The zero-order chi connectivity index (χ0) is 19.3. The van der Waals surface area contributed by atoms with Crippen LogP contribution in [0.2, 0.25) is 0 Å². The van der Waals surface area contributed by atoms with E-state index in [0.717, 1.165) is 0 Å². The summed E-state index contributed by atoms with van der Waals surface area (Å²) in [6.45, 7) is 6.49. The summed E-state index contributed by atoms with van der Waals surface area (Å²) in [6.07, 6.45) is -0.448. The van der Waals surface area contributed by atoms with E-state index in [1.54, 1.807) is 20.8 Å². The Bertz CT molecular complexity index is 699. The van der Waals surface area contributed by atoms with Crippen LogP contribution in [0.3, 0.4) is 0 Å². The molecule has 0 aromatic carbocycles. The van der Waals surface area contributed by atoms with Crippen LogP contribution in [0.4, 0.5) is 18.0 Å². The average molecular weight is 387 g/mol. The lowest BCUT2D eigenvalue weighted by atomic mass is 9.98. The van der Waals surface area contributed by atoms with E-state index in [1.165, 1.54) is 11.8 Å². The van der Waals surface area contributed by atoms with Gasteiger partial charge in [0.25, 0.3) is 0 Å². The first-order valence-electron chi connectivity index (χ1n) is 7.40. The van der Waals surface area contributed by atoms with Crippen molar-refractivity contribution in [2.45, 2.75) is 51.0 Å². The number of nitrogens with one attached hydrogen (secondary N) is 2. The molecule has 2 rings (SSSR count). The minimum atomic E-state index is -5.79. The van der Waals surface area contributed by atoms with Crippen molar-refractivity contribution >= 4 is 16.2 Å². The molecule has 0 saturated carbocycles. The Balaban J connectivity index is 2.16. The van der Waals surface area contributed by atoms with Gasteiger partial charge in [-0.1, -0.05) is 0 Å². The third kappa shape index (κ3) is 4.18. The van der Waals surface area contributed by atoms with Crippen molar-refractivity contribution in [3.8, 4) is 0 Å². The van der Waals surface area contributed by atoms with E-state index in [0.29, 0.717) is 11.3 Å². The number of alkyl halides is 3. The molecule has 2 N–H and O–H groups in total. The lowest BCUT2D eigenvalue weighted by Crippen LogP contribution is -2.49. The molecule has 0 radical (unpaired) electrons. The summed E-state index contributed by atoms with van der Waals surface area (Å²) in [6, 6.07) is 0. The highest BCUT2D eigenvalue weighted by atomic mass is 32.2. The molecule has 25 heavy (non-hydrogen) atoms. The summed E-state index contributed by atoms with van der Waals surface area (Å²) < 4.78 is 69.9. The molecule has 144 valence electrons. The summed E-state index contributed by atoms with van der Waals surface area (Å²) in [5.74, 6) is 0. The molecule has 1 unspecified atom stereocenters. The summed E-state index contributed by atoms with van der Waals surface area (Å²) in [5, 5.41) is 0. The summed E-state index contributed by atoms with van der Waals surface area (Å²) >= 11 is 0. The average Bonchev–Trinajstić information content (AvgIpc) is 2.72. The first kappa shape index (κ1) is 19.8. The molecule has 2 aliphatic rings. The Hall–Kier alpha value is -1.53. The monoisotopic (exact) mass is 387 g/mol. The molecule has 0 spiro atoms. The van der Waals surface area contributed by atoms with Crippen LogP contribution in [0.1, 0.15) is 34.1 Å². The maximum Gasteiger partial charge on any atom is 0.523 e. The number of hydrogen-bond donors (Lipinski definition) is 2. The Morgan fingerprint density at radius 1 is 1.28 bits per heavy atom. The highest BCUT2D eigenvalue weighted by Gasteiger charge is 2.54. The van der Waals surface area contributed by atoms with Crippen LogP contribution < -0.4 is 10.9 Å². The number of hydrogen-bond acceptors (Lipinski definition) is 7. The van der Waals surface area contributed by atoms with Crippen LogP contribution in [-0.2, 0) is 19.0 Å². The van der Waals surface area contributed by atoms with Crippen molar-refractivity contribution < 1.29 is 35.3 Å². The Morgan fingerprint density at radius 3 is 2.40 bits per heavy atom. The zero-order valence-corrected chi connectivity index (χ0v) is 15.0. The van der Waals surface area contributed by atoms with Crippen LogP contribution in [0.5, 0.6) is 0 Å². The zero-order valence-electron chi connectivity index (χ0n) is 14.2. The van der Waals surface area contributed by atoms with Gasteiger partial charge in [0, 0.05) is 17.8 Å². The van der Waals surface area contributed by atoms with Gasteiger partial charge >= 0.3 is 21.7 Å². The molecule has 2 aliphatic heterocycles. The SMILES string of the molecule is CC(C)(C)OC(=O)N1CCC2=C(C1)NNC2(C)OS(=O)(=O)C(F)(F)F. The molecule has 2 heterocycles. The predicted molar refractivity (Wildman–Crippen MR) is 80.2 cm³/mol. The van der Waals surface area contributed by atoms with Crippen LogP contribution >= 0.6 is 0 Å². The number of amides is 1. The number of rotatable bonds is 2. The number of ether oxygens (including phenoxy) is 1. The van der Waals surface area contributed by atoms with Crippen molar-refractivity contribution in [3.05, 3.63) is 11.3 Å². The van der Waals surface area contributed by atoms with Crippen molar-refractivity contribution in [2.75, 3.05) is 13.1 Å². The van der Waals surface area contributed by atoms with Gasteiger partial charge in [-0.05, 0) is 34.1 Å². The fourth-order valence-electron chi connectivity index (χ4n) is 2.49. The number of halogens is 3. The molecule has 8 nitrogen and oxygen atoms in total. The number of carbonyl (C=O) groups excluding carboxylic acids is 1. The molecule has 0 bridgehead atoms. The molecular formula is C13H20F3N3O5S. The number of hydrazine groups is 1. The molecule has 0 saturated heterocycles. The molecule has 0 aromatic heterocycles. The molecular weight excluding hydrogens is 367 g/mol.